The van der Waals surface area contributed by atoms with Crippen LogP contribution >= 0.6 is 0 Å². The molecule has 0 N–H and O–H groups in total. The molecule has 0 saturated heterocycles. The lowest BCUT2D eigenvalue weighted by atomic mass is 10.1. The van der Waals surface area contributed by atoms with Crippen LogP contribution in [0.15, 0.2) is 72.9 Å². The lowest BCUT2D eigenvalue weighted by Crippen LogP contribution is -1.98. The number of ether oxygens (including phenoxy) is 1. The summed E-state index contributed by atoms with van der Waals surface area (Å²) in [6.07, 6.45) is 5.09. The first kappa shape index (κ1) is 15.7. The first-order chi connectivity index (χ1) is 11.8. The molecule has 4 heteroatoms. The molecule has 0 amide bonds. The van der Waals surface area contributed by atoms with Crippen molar-refractivity contribution in [2.75, 3.05) is 6.61 Å². The molecule has 0 spiro atoms. The summed E-state index contributed by atoms with van der Waals surface area (Å²) in [5, 5.41) is 4.69. The molecule has 1 heterocycles. The van der Waals surface area contributed by atoms with Gasteiger partial charge in [0.2, 0.25) is 0 Å². The van der Waals surface area contributed by atoms with Gasteiger partial charge in [0.05, 0.1) is 18.0 Å². The van der Waals surface area contributed by atoms with E-state index in [4.69, 9.17) is 4.74 Å². The van der Waals surface area contributed by atoms with E-state index in [2.05, 4.69) is 5.10 Å². The maximum absolute atomic E-state index is 11.6. The zero-order valence-corrected chi connectivity index (χ0v) is 13.4. The molecule has 0 aliphatic carbocycles. The smallest absolute Gasteiger partial charge is 0.330 e. The number of carbonyl (C=O) groups excluding carboxylic acids is 1. The molecule has 0 saturated carbocycles. The summed E-state index contributed by atoms with van der Waals surface area (Å²) in [4.78, 5) is 11.6. The van der Waals surface area contributed by atoms with Gasteiger partial charge in [-0.2, -0.15) is 5.10 Å². The van der Waals surface area contributed by atoms with E-state index in [9.17, 15) is 4.79 Å². The van der Waals surface area contributed by atoms with Gasteiger partial charge in [-0.3, -0.25) is 0 Å². The number of hydrogen-bond donors (Lipinski definition) is 0. The largest absolute Gasteiger partial charge is 0.463 e. The van der Waals surface area contributed by atoms with Crippen LogP contribution in [-0.2, 0) is 9.53 Å². The van der Waals surface area contributed by atoms with Crippen LogP contribution in [0.4, 0.5) is 0 Å². The molecule has 4 nitrogen and oxygen atoms in total. The van der Waals surface area contributed by atoms with Gasteiger partial charge in [0.15, 0.2) is 0 Å². The Morgan fingerprint density at radius 2 is 1.75 bits per heavy atom. The molecule has 0 aliphatic heterocycles. The molecule has 0 fully saturated rings. The molecule has 3 rings (SSSR count). The molecule has 0 atom stereocenters. The molecule has 0 aliphatic rings. The summed E-state index contributed by atoms with van der Waals surface area (Å²) >= 11 is 0. The third-order valence-electron chi connectivity index (χ3n) is 3.50. The topological polar surface area (TPSA) is 44.1 Å². The molecule has 0 unspecified atom stereocenters. The van der Waals surface area contributed by atoms with Crippen LogP contribution in [0.1, 0.15) is 12.5 Å². The number of hydrogen-bond acceptors (Lipinski definition) is 3. The molecular formula is C20H18N2O2. The van der Waals surface area contributed by atoms with Gasteiger partial charge in [-0.15, -0.1) is 0 Å². The Hall–Kier alpha value is -3.14. The van der Waals surface area contributed by atoms with Crippen LogP contribution < -0.4 is 0 Å². The normalized spacial score (nSPS) is 10.9. The van der Waals surface area contributed by atoms with E-state index in [0.29, 0.717) is 6.61 Å². The van der Waals surface area contributed by atoms with Crippen molar-refractivity contribution in [1.29, 1.82) is 0 Å². The van der Waals surface area contributed by atoms with E-state index in [-0.39, 0.29) is 5.97 Å². The van der Waals surface area contributed by atoms with E-state index in [0.717, 1.165) is 22.5 Å². The van der Waals surface area contributed by atoms with Crippen molar-refractivity contribution >= 4 is 12.0 Å². The molecule has 120 valence electrons. The van der Waals surface area contributed by atoms with Crippen molar-refractivity contribution in [1.82, 2.24) is 9.78 Å². The Bertz CT molecular complexity index is 837. The second-order valence-electron chi connectivity index (χ2n) is 5.16. The molecule has 2 aromatic carbocycles. The fourth-order valence-corrected chi connectivity index (χ4v) is 2.39. The third kappa shape index (κ3) is 3.60. The Morgan fingerprint density at radius 1 is 1.08 bits per heavy atom. The second kappa shape index (κ2) is 7.42. The third-order valence-corrected chi connectivity index (χ3v) is 3.50. The Morgan fingerprint density at radius 3 is 2.42 bits per heavy atom. The number of benzene rings is 2. The number of nitrogens with zero attached hydrogens (tertiary/aromatic N) is 2. The second-order valence-corrected chi connectivity index (χ2v) is 5.16. The minimum atomic E-state index is -0.357. The SMILES string of the molecule is CCOC(=O)/C=C\c1cn(-c2ccccc2)nc1-c1ccccc1. The number of carbonyl (C=O) groups is 1. The monoisotopic (exact) mass is 318 g/mol. The van der Waals surface area contributed by atoms with Crippen molar-refractivity contribution in [3.63, 3.8) is 0 Å². The lowest BCUT2D eigenvalue weighted by Gasteiger charge is -2.00. The summed E-state index contributed by atoms with van der Waals surface area (Å²) in [5.41, 5.74) is 3.64. The maximum atomic E-state index is 11.6. The average molecular weight is 318 g/mol. The fraction of sp³-hybridized carbons (Fsp3) is 0.100. The van der Waals surface area contributed by atoms with E-state index in [1.165, 1.54) is 6.08 Å². The summed E-state index contributed by atoms with van der Waals surface area (Å²) in [7, 11) is 0. The highest BCUT2D eigenvalue weighted by Gasteiger charge is 2.10. The highest BCUT2D eigenvalue weighted by molar-refractivity contribution is 5.88. The Balaban J connectivity index is 2.02. The predicted molar refractivity (Wildman–Crippen MR) is 94.7 cm³/mol. The minimum absolute atomic E-state index is 0.357. The van der Waals surface area contributed by atoms with Crippen molar-refractivity contribution in [3.8, 4) is 16.9 Å². The number of aromatic nitrogens is 2. The molecule has 1 aromatic heterocycles. The molecule has 3 aromatic rings. The van der Waals surface area contributed by atoms with Crippen molar-refractivity contribution < 1.29 is 9.53 Å². The zero-order valence-electron chi connectivity index (χ0n) is 13.4. The van der Waals surface area contributed by atoms with Gasteiger partial charge in [-0.25, -0.2) is 9.48 Å². The Kier molecular flexibility index (Phi) is 4.87. The van der Waals surface area contributed by atoms with Crippen LogP contribution in [0.25, 0.3) is 23.0 Å². The van der Waals surface area contributed by atoms with E-state index >= 15 is 0 Å². The van der Waals surface area contributed by atoms with E-state index < -0.39 is 0 Å². The van der Waals surface area contributed by atoms with Gasteiger partial charge in [0.1, 0.15) is 0 Å². The van der Waals surface area contributed by atoms with Gasteiger partial charge < -0.3 is 4.74 Å². The fourth-order valence-electron chi connectivity index (χ4n) is 2.39. The maximum Gasteiger partial charge on any atom is 0.330 e. The van der Waals surface area contributed by atoms with Crippen LogP contribution in [-0.4, -0.2) is 22.4 Å². The summed E-state index contributed by atoms with van der Waals surface area (Å²) in [6, 6.07) is 19.8. The van der Waals surface area contributed by atoms with Gasteiger partial charge in [0.25, 0.3) is 0 Å². The predicted octanol–water partition coefficient (Wildman–Crippen LogP) is 4.12. The quantitative estimate of drug-likeness (QED) is 0.525. The van der Waals surface area contributed by atoms with E-state index in [1.54, 1.807) is 13.0 Å². The Labute approximate surface area is 141 Å². The van der Waals surface area contributed by atoms with Crippen molar-refractivity contribution in [3.05, 3.63) is 78.5 Å². The standard InChI is InChI=1S/C20H18N2O2/c1-2-24-19(23)14-13-17-15-22(18-11-7-4-8-12-18)21-20(17)16-9-5-3-6-10-16/h3-15H,2H2,1H3/b14-13-. The van der Waals surface area contributed by atoms with Gasteiger partial charge in [-0.05, 0) is 25.1 Å². The highest BCUT2D eigenvalue weighted by Crippen LogP contribution is 2.24. The van der Waals surface area contributed by atoms with Crippen LogP contribution in [0.3, 0.4) is 0 Å². The number of esters is 1. The molecule has 24 heavy (non-hydrogen) atoms. The van der Waals surface area contributed by atoms with Crippen LogP contribution in [0.2, 0.25) is 0 Å². The number of rotatable bonds is 5. The van der Waals surface area contributed by atoms with Gasteiger partial charge in [0, 0.05) is 23.4 Å². The summed E-state index contributed by atoms with van der Waals surface area (Å²) < 4.78 is 6.76. The van der Waals surface area contributed by atoms with Crippen LogP contribution in [0.5, 0.6) is 0 Å². The zero-order chi connectivity index (χ0) is 16.8. The van der Waals surface area contributed by atoms with Gasteiger partial charge in [-0.1, -0.05) is 48.5 Å². The first-order valence-electron chi connectivity index (χ1n) is 7.83. The van der Waals surface area contributed by atoms with Gasteiger partial charge >= 0.3 is 5.97 Å². The average Bonchev–Trinajstić information content (AvgIpc) is 3.06. The van der Waals surface area contributed by atoms with Crippen molar-refractivity contribution in [2.24, 2.45) is 0 Å². The summed E-state index contributed by atoms with van der Waals surface area (Å²) in [6.45, 7) is 2.15. The number of para-hydroxylation sites is 1. The molecule has 0 bridgehead atoms. The molecular weight excluding hydrogens is 300 g/mol. The van der Waals surface area contributed by atoms with E-state index in [1.807, 2.05) is 71.5 Å². The van der Waals surface area contributed by atoms with Crippen LogP contribution in [0, 0.1) is 0 Å². The lowest BCUT2D eigenvalue weighted by molar-refractivity contribution is -0.137. The highest BCUT2D eigenvalue weighted by atomic mass is 16.5. The van der Waals surface area contributed by atoms with Crippen molar-refractivity contribution in [2.45, 2.75) is 6.92 Å². The first-order valence-corrected chi connectivity index (χ1v) is 7.83. The minimum Gasteiger partial charge on any atom is -0.463 e. The summed E-state index contributed by atoms with van der Waals surface area (Å²) in [5.74, 6) is -0.357. The molecule has 0 radical (unpaired) electrons.